The molecule has 8 nitrogen and oxygen atoms in total. The third-order valence-corrected chi connectivity index (χ3v) is 5.99. The Labute approximate surface area is 195 Å². The summed E-state index contributed by atoms with van der Waals surface area (Å²) in [5.41, 5.74) is 7.78. The normalized spacial score (nSPS) is 11.7. The van der Waals surface area contributed by atoms with E-state index < -0.39 is 11.4 Å². The van der Waals surface area contributed by atoms with Crippen LogP contribution in [-0.2, 0) is 5.54 Å². The number of hydrogen-bond acceptors (Lipinski definition) is 5. The van der Waals surface area contributed by atoms with Crippen LogP contribution in [0.3, 0.4) is 0 Å². The number of fused-ring (bicyclic) bond motifs is 2. The van der Waals surface area contributed by atoms with Crippen LogP contribution in [0, 0.1) is 6.92 Å². The first-order valence-electron chi connectivity index (χ1n) is 10.9. The first-order valence-corrected chi connectivity index (χ1v) is 10.9. The molecule has 3 heterocycles. The maximum atomic E-state index is 13.8. The zero-order chi connectivity index (χ0) is 24.0. The van der Waals surface area contributed by atoms with Gasteiger partial charge in [0.15, 0.2) is 11.5 Å². The number of carbonyl (C=O) groups excluding carboxylic acids is 1. The molecular weight excluding hydrogens is 428 g/mol. The molecule has 3 N–H and O–H groups in total. The Morgan fingerprint density at radius 1 is 1.06 bits per heavy atom. The van der Waals surface area contributed by atoms with Gasteiger partial charge in [0.05, 0.1) is 16.6 Å². The van der Waals surface area contributed by atoms with Crippen molar-refractivity contribution < 1.29 is 4.79 Å². The molecule has 0 atom stereocenters. The third kappa shape index (κ3) is 3.40. The fraction of sp³-hybridized carbons (Fsp3) is 0.154. The average molecular weight is 453 g/mol. The molecule has 0 radical (unpaired) electrons. The lowest BCUT2D eigenvalue weighted by molar-refractivity contribution is 0.0912. The number of benzene rings is 2. The predicted octanol–water partition coefficient (Wildman–Crippen LogP) is 3.59. The summed E-state index contributed by atoms with van der Waals surface area (Å²) in [5.74, 6) is -0.339. The van der Waals surface area contributed by atoms with Crippen LogP contribution >= 0.6 is 0 Å². The Balaban J connectivity index is 1.69. The molecule has 0 aliphatic carbocycles. The van der Waals surface area contributed by atoms with Crippen molar-refractivity contribution in [2.24, 2.45) is 0 Å². The second-order valence-electron chi connectivity index (χ2n) is 8.77. The van der Waals surface area contributed by atoms with Crippen LogP contribution in [0.1, 0.15) is 35.5 Å². The van der Waals surface area contributed by atoms with Crippen molar-refractivity contribution in [1.82, 2.24) is 24.5 Å². The van der Waals surface area contributed by atoms with Gasteiger partial charge in [-0.25, -0.2) is 9.50 Å². The summed E-state index contributed by atoms with van der Waals surface area (Å²) in [6, 6.07) is 18.8. The van der Waals surface area contributed by atoms with Gasteiger partial charge in [0.25, 0.3) is 11.5 Å². The van der Waals surface area contributed by atoms with Crippen molar-refractivity contribution in [3.8, 4) is 5.69 Å². The number of pyridine rings is 1. The van der Waals surface area contributed by atoms with Crippen molar-refractivity contribution in [3.63, 3.8) is 0 Å². The summed E-state index contributed by atoms with van der Waals surface area (Å²) in [5, 5.41) is 8.69. The van der Waals surface area contributed by atoms with E-state index in [0.717, 1.165) is 10.9 Å². The highest BCUT2D eigenvalue weighted by molar-refractivity contribution is 6.04. The zero-order valence-electron chi connectivity index (χ0n) is 19.1. The number of nitrogens with two attached hydrogens (primary N) is 1. The van der Waals surface area contributed by atoms with Crippen molar-refractivity contribution >= 4 is 28.1 Å². The maximum Gasteiger partial charge on any atom is 0.263 e. The number of hydrogen-bond donors (Lipinski definition) is 2. The number of nitrogens with zero attached hydrogens (tertiary/aromatic N) is 4. The topological polar surface area (TPSA) is 107 Å². The number of amides is 1. The van der Waals surface area contributed by atoms with Gasteiger partial charge in [-0.15, -0.1) is 5.10 Å². The van der Waals surface area contributed by atoms with Gasteiger partial charge in [-0.1, -0.05) is 36.4 Å². The standard InChI is InChI=1S/C26H24N6O2/c1-16-9-7-10-17-15-19(32(25(34)20(16)17)18-11-5-4-6-12-18)26(2,3)29-24(33)21-22(27)30-31-14-8-13-28-23(21)31/h4-15H,1-3H3,(H2,27,30)(H,29,33). The van der Waals surface area contributed by atoms with Crippen LogP contribution in [0.15, 0.2) is 77.9 Å². The van der Waals surface area contributed by atoms with Crippen LogP contribution in [0.25, 0.3) is 22.1 Å². The first-order chi connectivity index (χ1) is 16.3. The number of para-hydroxylation sites is 1. The molecule has 0 bridgehead atoms. The van der Waals surface area contributed by atoms with Gasteiger partial charge >= 0.3 is 0 Å². The SMILES string of the molecule is Cc1cccc2cc(C(C)(C)NC(=O)c3c(N)nn4cccnc34)n(-c3ccccc3)c(=O)c12. The summed E-state index contributed by atoms with van der Waals surface area (Å²) in [7, 11) is 0. The van der Waals surface area contributed by atoms with Gasteiger partial charge in [-0.05, 0) is 56.0 Å². The smallest absolute Gasteiger partial charge is 0.263 e. The van der Waals surface area contributed by atoms with Crippen molar-refractivity contribution in [2.45, 2.75) is 26.3 Å². The van der Waals surface area contributed by atoms with Crippen LogP contribution in [0.4, 0.5) is 5.82 Å². The van der Waals surface area contributed by atoms with E-state index in [0.29, 0.717) is 22.4 Å². The number of nitrogen functional groups attached to an aromatic ring is 1. The van der Waals surface area contributed by atoms with Crippen LogP contribution in [0.2, 0.25) is 0 Å². The minimum absolute atomic E-state index is 0.0848. The van der Waals surface area contributed by atoms with E-state index in [1.807, 2.05) is 75.4 Å². The molecular formula is C26H24N6O2. The molecule has 5 aromatic rings. The molecule has 8 heteroatoms. The Morgan fingerprint density at radius 2 is 1.82 bits per heavy atom. The molecule has 0 saturated carbocycles. The van der Waals surface area contributed by atoms with Crippen LogP contribution in [0.5, 0.6) is 0 Å². The number of nitrogens with one attached hydrogen (secondary N) is 1. The molecule has 1 amide bonds. The Bertz CT molecular complexity index is 1620. The van der Waals surface area contributed by atoms with Gasteiger partial charge in [-0.2, -0.15) is 0 Å². The Hall–Kier alpha value is -4.46. The molecule has 0 spiro atoms. The largest absolute Gasteiger partial charge is 0.381 e. The van der Waals surface area contributed by atoms with E-state index in [4.69, 9.17) is 5.73 Å². The summed E-state index contributed by atoms with van der Waals surface area (Å²) in [6.07, 6.45) is 3.26. The summed E-state index contributed by atoms with van der Waals surface area (Å²) < 4.78 is 3.13. The van der Waals surface area contributed by atoms with Crippen LogP contribution in [-0.4, -0.2) is 25.1 Å². The van der Waals surface area contributed by atoms with E-state index >= 15 is 0 Å². The first kappa shape index (κ1) is 21.4. The minimum atomic E-state index is -0.945. The van der Waals surface area contributed by atoms with E-state index in [1.165, 1.54) is 4.52 Å². The van der Waals surface area contributed by atoms with Gasteiger partial charge in [0.1, 0.15) is 5.56 Å². The summed E-state index contributed by atoms with van der Waals surface area (Å²) >= 11 is 0. The highest BCUT2D eigenvalue weighted by Crippen LogP contribution is 2.28. The summed E-state index contributed by atoms with van der Waals surface area (Å²) in [4.78, 5) is 31.4. The van der Waals surface area contributed by atoms with Crippen molar-refractivity contribution in [2.75, 3.05) is 5.73 Å². The molecule has 0 fully saturated rings. The van der Waals surface area contributed by atoms with Crippen molar-refractivity contribution in [1.29, 1.82) is 0 Å². The highest BCUT2D eigenvalue weighted by Gasteiger charge is 2.31. The predicted molar refractivity (Wildman–Crippen MR) is 132 cm³/mol. The Kier molecular flexibility index (Phi) is 4.93. The van der Waals surface area contributed by atoms with Crippen LogP contribution < -0.4 is 16.6 Å². The third-order valence-electron chi connectivity index (χ3n) is 5.99. The van der Waals surface area contributed by atoms with Crippen molar-refractivity contribution in [3.05, 3.63) is 100 Å². The molecule has 170 valence electrons. The van der Waals surface area contributed by atoms with E-state index in [2.05, 4.69) is 15.4 Å². The quantitative estimate of drug-likeness (QED) is 0.433. The number of aromatic nitrogens is 4. The van der Waals surface area contributed by atoms with Gasteiger partial charge < -0.3 is 11.1 Å². The van der Waals surface area contributed by atoms with E-state index in [-0.39, 0.29) is 16.9 Å². The molecule has 5 rings (SSSR count). The molecule has 2 aromatic carbocycles. The zero-order valence-corrected chi connectivity index (χ0v) is 19.1. The molecule has 0 saturated heterocycles. The van der Waals surface area contributed by atoms with E-state index in [1.54, 1.807) is 23.0 Å². The highest BCUT2D eigenvalue weighted by atomic mass is 16.2. The molecule has 0 aliphatic heterocycles. The second-order valence-corrected chi connectivity index (χ2v) is 8.77. The van der Waals surface area contributed by atoms with Gasteiger partial charge in [0, 0.05) is 18.1 Å². The molecule has 0 aliphatic rings. The van der Waals surface area contributed by atoms with E-state index in [9.17, 15) is 9.59 Å². The molecule has 3 aromatic heterocycles. The molecule has 34 heavy (non-hydrogen) atoms. The lowest BCUT2D eigenvalue weighted by Crippen LogP contribution is -2.44. The lowest BCUT2D eigenvalue weighted by atomic mass is 9.95. The molecule has 0 unspecified atom stereocenters. The lowest BCUT2D eigenvalue weighted by Gasteiger charge is -2.30. The van der Waals surface area contributed by atoms with Gasteiger partial charge in [-0.3, -0.25) is 14.2 Å². The maximum absolute atomic E-state index is 13.8. The fourth-order valence-corrected chi connectivity index (χ4v) is 4.36. The average Bonchev–Trinajstić information content (AvgIpc) is 3.15. The number of aryl methyl sites for hydroxylation is 1. The number of carbonyl (C=O) groups is 1. The fourth-order valence-electron chi connectivity index (χ4n) is 4.36. The van der Waals surface area contributed by atoms with Gasteiger partial charge in [0.2, 0.25) is 0 Å². The summed E-state index contributed by atoms with van der Waals surface area (Å²) in [6.45, 7) is 5.64. The second kappa shape index (κ2) is 7.84. The minimum Gasteiger partial charge on any atom is -0.381 e. The monoisotopic (exact) mass is 452 g/mol. The number of anilines is 1. The Morgan fingerprint density at radius 3 is 2.59 bits per heavy atom. The number of rotatable bonds is 4.